The molecule has 0 atom stereocenters. The van der Waals surface area contributed by atoms with Gasteiger partial charge in [-0.1, -0.05) is 6.07 Å². The van der Waals surface area contributed by atoms with Crippen molar-refractivity contribution in [2.45, 2.75) is 6.92 Å². The number of hydrogen-bond acceptors (Lipinski definition) is 5. The van der Waals surface area contributed by atoms with Gasteiger partial charge in [-0.05, 0) is 42.8 Å². The van der Waals surface area contributed by atoms with Crippen molar-refractivity contribution in [2.75, 3.05) is 0 Å². The van der Waals surface area contributed by atoms with Crippen LogP contribution >= 0.6 is 0 Å². The van der Waals surface area contributed by atoms with E-state index < -0.39 is 0 Å². The van der Waals surface area contributed by atoms with Gasteiger partial charge in [-0.2, -0.15) is 0 Å². The summed E-state index contributed by atoms with van der Waals surface area (Å²) in [6.45, 7) is 1.88. The first-order valence-corrected chi connectivity index (χ1v) is 8.12. The topological polar surface area (TPSA) is 84.9 Å². The minimum Gasteiger partial charge on any atom is -0.460 e. The molecule has 0 aliphatic carbocycles. The number of oxazole rings is 1. The van der Waals surface area contributed by atoms with Crippen LogP contribution in [0.3, 0.4) is 0 Å². The zero-order valence-electron chi connectivity index (χ0n) is 13.8. The number of aromatic nitrogens is 3. The van der Waals surface area contributed by atoms with Gasteiger partial charge in [0.15, 0.2) is 23.2 Å². The van der Waals surface area contributed by atoms with E-state index in [0.29, 0.717) is 28.1 Å². The molecule has 26 heavy (non-hydrogen) atoms. The van der Waals surface area contributed by atoms with Crippen molar-refractivity contribution in [3.63, 3.8) is 0 Å². The highest BCUT2D eigenvalue weighted by Crippen LogP contribution is 2.34. The average Bonchev–Trinajstić information content (AvgIpc) is 3.29. The number of pyridine rings is 2. The first-order valence-electron chi connectivity index (χ1n) is 8.12. The van der Waals surface area contributed by atoms with Gasteiger partial charge in [-0.15, -0.1) is 0 Å². The van der Waals surface area contributed by atoms with E-state index in [9.17, 15) is 4.79 Å². The largest absolute Gasteiger partial charge is 0.460 e. The molecule has 0 fully saturated rings. The van der Waals surface area contributed by atoms with Crippen molar-refractivity contribution < 1.29 is 8.83 Å². The summed E-state index contributed by atoms with van der Waals surface area (Å²) in [5.41, 5.74) is 4.20. The van der Waals surface area contributed by atoms with Crippen molar-refractivity contribution >= 4 is 22.1 Å². The second-order valence-corrected chi connectivity index (χ2v) is 6.07. The third-order valence-electron chi connectivity index (χ3n) is 4.36. The van der Waals surface area contributed by atoms with Gasteiger partial charge in [-0.25, -0.2) is 9.97 Å². The van der Waals surface area contributed by atoms with Gasteiger partial charge >= 0.3 is 0 Å². The Kier molecular flexibility index (Phi) is 3.05. The molecule has 5 rings (SSSR count). The van der Waals surface area contributed by atoms with Crippen molar-refractivity contribution in [3.8, 4) is 22.6 Å². The molecule has 0 bridgehead atoms. The normalized spacial score (nSPS) is 11.4. The van der Waals surface area contributed by atoms with Gasteiger partial charge in [0.1, 0.15) is 22.6 Å². The molecule has 6 heteroatoms. The summed E-state index contributed by atoms with van der Waals surface area (Å²) < 4.78 is 11.2. The zero-order chi connectivity index (χ0) is 17.7. The number of H-pyrrole nitrogens is 1. The molecule has 0 aliphatic heterocycles. The number of rotatable bonds is 2. The van der Waals surface area contributed by atoms with E-state index in [1.54, 1.807) is 6.20 Å². The van der Waals surface area contributed by atoms with Gasteiger partial charge in [0.05, 0.1) is 5.39 Å². The van der Waals surface area contributed by atoms with Crippen LogP contribution in [0.15, 0.2) is 68.7 Å². The van der Waals surface area contributed by atoms with E-state index in [4.69, 9.17) is 8.83 Å². The molecule has 0 aliphatic rings. The van der Waals surface area contributed by atoms with Crippen LogP contribution in [0.4, 0.5) is 0 Å². The second kappa shape index (κ2) is 5.42. The van der Waals surface area contributed by atoms with Crippen LogP contribution < -0.4 is 5.43 Å². The predicted octanol–water partition coefficient (Wildman–Crippen LogP) is 4.30. The zero-order valence-corrected chi connectivity index (χ0v) is 13.8. The molecule has 4 aromatic heterocycles. The lowest BCUT2D eigenvalue weighted by atomic mass is 10.0. The molecule has 4 heterocycles. The Bertz CT molecular complexity index is 1330. The number of nitrogens with zero attached hydrogens (tertiary/aromatic N) is 2. The summed E-state index contributed by atoms with van der Waals surface area (Å²) in [6.07, 6.45) is 3.00. The molecule has 0 unspecified atom stereocenters. The number of nitrogens with one attached hydrogen (secondary N) is 1. The number of aromatic amines is 1. The first kappa shape index (κ1) is 14.7. The van der Waals surface area contributed by atoms with Gasteiger partial charge < -0.3 is 13.8 Å². The van der Waals surface area contributed by atoms with Crippen molar-refractivity contribution in [1.82, 2.24) is 15.0 Å². The Balaban J connectivity index is 1.86. The molecule has 0 saturated heterocycles. The maximum absolute atomic E-state index is 12.3. The van der Waals surface area contributed by atoms with Gasteiger partial charge in [-0.3, -0.25) is 4.79 Å². The Labute approximate surface area is 147 Å². The Morgan fingerprint density at radius 3 is 2.85 bits per heavy atom. The summed E-state index contributed by atoms with van der Waals surface area (Å²) in [6, 6.07) is 12.8. The molecule has 0 radical (unpaired) electrons. The number of benzene rings is 1. The lowest BCUT2D eigenvalue weighted by Gasteiger charge is -2.09. The third kappa shape index (κ3) is 2.23. The van der Waals surface area contributed by atoms with E-state index >= 15 is 0 Å². The van der Waals surface area contributed by atoms with Crippen LogP contribution in [0.5, 0.6) is 0 Å². The van der Waals surface area contributed by atoms with Crippen LogP contribution in [0.2, 0.25) is 0 Å². The van der Waals surface area contributed by atoms with Gasteiger partial charge in [0, 0.05) is 17.8 Å². The first-order chi connectivity index (χ1) is 12.7. The van der Waals surface area contributed by atoms with E-state index in [-0.39, 0.29) is 5.43 Å². The Hall–Kier alpha value is -3.67. The standard InChI is InChI=1S/C20H13N3O3/c1-11-2-5-17(26-11)19-13(9-14-16(24)6-7-21-20(14)23-19)12-3-4-15-18(8-12)25-10-22-15/h2-10H,1H3,(H,21,23,24). The maximum atomic E-state index is 12.3. The van der Waals surface area contributed by atoms with E-state index in [2.05, 4.69) is 15.0 Å². The minimum absolute atomic E-state index is 0.0876. The quantitative estimate of drug-likeness (QED) is 0.516. The predicted molar refractivity (Wildman–Crippen MR) is 97.8 cm³/mol. The van der Waals surface area contributed by atoms with Crippen LogP contribution in [0.1, 0.15) is 5.76 Å². The smallest absolute Gasteiger partial charge is 0.191 e. The fourth-order valence-electron chi connectivity index (χ4n) is 3.09. The minimum atomic E-state index is -0.0876. The van der Waals surface area contributed by atoms with Crippen molar-refractivity contribution in [1.29, 1.82) is 0 Å². The molecule has 5 aromatic rings. The highest BCUT2D eigenvalue weighted by atomic mass is 16.3. The van der Waals surface area contributed by atoms with E-state index in [0.717, 1.165) is 22.4 Å². The molecule has 0 spiro atoms. The summed E-state index contributed by atoms with van der Waals surface area (Å²) in [7, 11) is 0. The highest BCUT2D eigenvalue weighted by Gasteiger charge is 2.16. The van der Waals surface area contributed by atoms with E-state index in [1.165, 1.54) is 12.5 Å². The molecule has 6 nitrogen and oxygen atoms in total. The highest BCUT2D eigenvalue weighted by molar-refractivity contribution is 5.91. The van der Waals surface area contributed by atoms with Crippen LogP contribution in [0.25, 0.3) is 44.7 Å². The molecular weight excluding hydrogens is 330 g/mol. The molecule has 1 N–H and O–H groups in total. The third-order valence-corrected chi connectivity index (χ3v) is 4.36. The van der Waals surface area contributed by atoms with Gasteiger partial charge in [0.25, 0.3) is 0 Å². The van der Waals surface area contributed by atoms with Crippen molar-refractivity contribution in [3.05, 3.63) is 71.0 Å². The lowest BCUT2D eigenvalue weighted by Crippen LogP contribution is -2.03. The molecule has 1 aromatic carbocycles. The van der Waals surface area contributed by atoms with Crippen LogP contribution in [-0.4, -0.2) is 15.0 Å². The average molecular weight is 343 g/mol. The fraction of sp³-hybridized carbons (Fsp3) is 0.0500. The number of fused-ring (bicyclic) bond motifs is 2. The lowest BCUT2D eigenvalue weighted by molar-refractivity contribution is 0.547. The fourth-order valence-corrected chi connectivity index (χ4v) is 3.09. The van der Waals surface area contributed by atoms with Crippen LogP contribution in [0, 0.1) is 6.92 Å². The van der Waals surface area contributed by atoms with Crippen LogP contribution in [-0.2, 0) is 0 Å². The summed E-state index contributed by atoms with van der Waals surface area (Å²) in [5, 5.41) is 0.521. The SMILES string of the molecule is Cc1ccc(-c2nc3[nH]ccc(=O)c3cc2-c2ccc3ncoc3c2)o1. The monoisotopic (exact) mass is 343 g/mol. The Morgan fingerprint density at radius 1 is 1.08 bits per heavy atom. The molecular formula is C20H13N3O3. The van der Waals surface area contributed by atoms with Crippen molar-refractivity contribution in [2.24, 2.45) is 0 Å². The Morgan fingerprint density at radius 2 is 2.00 bits per heavy atom. The maximum Gasteiger partial charge on any atom is 0.191 e. The number of furan rings is 1. The number of hydrogen-bond donors (Lipinski definition) is 1. The second-order valence-electron chi connectivity index (χ2n) is 6.07. The molecule has 0 saturated carbocycles. The molecule has 126 valence electrons. The molecule has 0 amide bonds. The number of aryl methyl sites for hydroxylation is 1. The van der Waals surface area contributed by atoms with E-state index in [1.807, 2.05) is 43.3 Å². The summed E-state index contributed by atoms with van der Waals surface area (Å²) >= 11 is 0. The summed E-state index contributed by atoms with van der Waals surface area (Å²) in [5.74, 6) is 1.43. The van der Waals surface area contributed by atoms with Gasteiger partial charge in [0.2, 0.25) is 0 Å². The summed E-state index contributed by atoms with van der Waals surface area (Å²) in [4.78, 5) is 24.1.